The molecule has 2 heterocycles. The summed E-state index contributed by atoms with van der Waals surface area (Å²) in [5, 5.41) is 7.14. The summed E-state index contributed by atoms with van der Waals surface area (Å²) >= 11 is 0. The maximum atomic E-state index is 13.6. The highest BCUT2D eigenvalue weighted by Crippen LogP contribution is 2.36. The van der Waals surface area contributed by atoms with Crippen LogP contribution in [0.4, 0.5) is 5.95 Å². The fourth-order valence-electron chi connectivity index (χ4n) is 3.50. The predicted octanol–water partition coefficient (Wildman–Crippen LogP) is 2.83. The van der Waals surface area contributed by atoms with Crippen LogP contribution in [0.5, 0.6) is 11.5 Å². The Hall–Kier alpha value is -3.29. The highest BCUT2D eigenvalue weighted by Gasteiger charge is 2.36. The van der Waals surface area contributed by atoms with Gasteiger partial charge in [-0.3, -0.25) is 9.29 Å². The van der Waals surface area contributed by atoms with E-state index < -0.39 is 21.4 Å². The van der Waals surface area contributed by atoms with Gasteiger partial charge in [0.1, 0.15) is 35.1 Å². The van der Waals surface area contributed by atoms with Crippen molar-refractivity contribution in [2.45, 2.75) is 51.8 Å². The molecule has 0 aliphatic carbocycles. The molecule has 1 aromatic carbocycles. The minimum absolute atomic E-state index is 0.0573. The summed E-state index contributed by atoms with van der Waals surface area (Å²) < 4.78 is 53.5. The Morgan fingerprint density at radius 3 is 2.14 bits per heavy atom. The van der Waals surface area contributed by atoms with E-state index in [0.29, 0.717) is 23.0 Å². The Labute approximate surface area is 211 Å². The number of aromatic nitrogens is 5. The van der Waals surface area contributed by atoms with E-state index in [1.54, 1.807) is 30.6 Å². The molecule has 0 saturated carbocycles. The first-order valence-electron chi connectivity index (χ1n) is 11.2. The standard InChI is InChI=1S/C23H32N6O6S/c1-14(2)35-21(22-24-11-15(3)12-25-22)16(4)36(30,31)28-23-27-26-19(13-32-5)29(23)20-17(33-6)9-8-10-18(20)34-7/h8-12,14,16,21H,13H2,1-7H3,(H,27,28). The Balaban J connectivity index is 2.07. The molecule has 0 saturated heterocycles. The lowest BCUT2D eigenvalue weighted by atomic mass is 10.2. The van der Waals surface area contributed by atoms with Gasteiger partial charge in [0, 0.05) is 19.5 Å². The fraction of sp³-hybridized carbons (Fsp3) is 0.478. The number of para-hydroxylation sites is 1. The average Bonchev–Trinajstić information content (AvgIpc) is 3.22. The third kappa shape index (κ3) is 5.91. The van der Waals surface area contributed by atoms with Crippen molar-refractivity contribution in [1.82, 2.24) is 24.7 Å². The van der Waals surface area contributed by atoms with Crippen molar-refractivity contribution >= 4 is 16.0 Å². The monoisotopic (exact) mass is 520 g/mol. The van der Waals surface area contributed by atoms with Crippen LogP contribution in [0.15, 0.2) is 30.6 Å². The van der Waals surface area contributed by atoms with E-state index in [-0.39, 0.29) is 24.5 Å². The van der Waals surface area contributed by atoms with Gasteiger partial charge in [-0.15, -0.1) is 10.2 Å². The number of benzene rings is 1. The van der Waals surface area contributed by atoms with E-state index >= 15 is 0 Å². The fourth-order valence-corrected chi connectivity index (χ4v) is 4.58. The smallest absolute Gasteiger partial charge is 0.243 e. The lowest BCUT2D eigenvalue weighted by Gasteiger charge is -2.25. The number of sulfonamides is 1. The molecule has 2 aromatic heterocycles. The molecule has 0 fully saturated rings. The zero-order chi connectivity index (χ0) is 26.5. The molecule has 0 radical (unpaired) electrons. The summed E-state index contributed by atoms with van der Waals surface area (Å²) in [6.07, 6.45) is 2.03. The molecule has 3 rings (SSSR count). The molecule has 2 unspecified atom stereocenters. The van der Waals surface area contributed by atoms with Crippen molar-refractivity contribution in [2.75, 3.05) is 26.1 Å². The van der Waals surface area contributed by atoms with Gasteiger partial charge in [0.15, 0.2) is 11.6 Å². The van der Waals surface area contributed by atoms with Crippen LogP contribution in [0.2, 0.25) is 0 Å². The van der Waals surface area contributed by atoms with Gasteiger partial charge < -0.3 is 18.9 Å². The highest BCUT2D eigenvalue weighted by molar-refractivity contribution is 7.93. The van der Waals surface area contributed by atoms with Crippen molar-refractivity contribution in [2.24, 2.45) is 0 Å². The molecule has 0 spiro atoms. The molecule has 0 aliphatic heterocycles. The molecule has 36 heavy (non-hydrogen) atoms. The van der Waals surface area contributed by atoms with Crippen molar-refractivity contribution in [1.29, 1.82) is 0 Å². The summed E-state index contributed by atoms with van der Waals surface area (Å²) in [4.78, 5) is 8.60. The van der Waals surface area contributed by atoms with Crippen LogP contribution in [0.3, 0.4) is 0 Å². The van der Waals surface area contributed by atoms with E-state index in [1.165, 1.54) is 32.8 Å². The largest absolute Gasteiger partial charge is 0.494 e. The Morgan fingerprint density at radius 2 is 1.61 bits per heavy atom. The van der Waals surface area contributed by atoms with Gasteiger partial charge in [0.2, 0.25) is 16.0 Å². The lowest BCUT2D eigenvalue weighted by Crippen LogP contribution is -2.35. The maximum absolute atomic E-state index is 13.6. The molecule has 1 N–H and O–H groups in total. The second-order valence-corrected chi connectivity index (χ2v) is 10.3. The first-order valence-corrected chi connectivity index (χ1v) is 12.8. The van der Waals surface area contributed by atoms with Crippen molar-refractivity contribution in [3.8, 4) is 17.2 Å². The first-order chi connectivity index (χ1) is 17.1. The first kappa shape index (κ1) is 27.3. The zero-order valence-electron chi connectivity index (χ0n) is 21.4. The van der Waals surface area contributed by atoms with Crippen LogP contribution < -0.4 is 14.2 Å². The normalized spacial score (nSPS) is 13.4. The summed E-state index contributed by atoms with van der Waals surface area (Å²) in [6, 6.07) is 5.19. The van der Waals surface area contributed by atoms with E-state index in [9.17, 15) is 8.42 Å². The number of rotatable bonds is 12. The number of anilines is 1. The lowest BCUT2D eigenvalue weighted by molar-refractivity contribution is 0.00152. The van der Waals surface area contributed by atoms with E-state index in [2.05, 4.69) is 24.9 Å². The predicted molar refractivity (Wildman–Crippen MR) is 133 cm³/mol. The second-order valence-electron chi connectivity index (χ2n) is 8.30. The van der Waals surface area contributed by atoms with Crippen LogP contribution in [0, 0.1) is 6.92 Å². The van der Waals surface area contributed by atoms with E-state index in [4.69, 9.17) is 18.9 Å². The molecule has 0 aliphatic rings. The number of methoxy groups -OCH3 is 3. The molecule has 0 amide bonds. The highest BCUT2D eigenvalue weighted by atomic mass is 32.2. The SMILES string of the molecule is COCc1nnc(NS(=O)(=O)C(C)C(OC(C)C)c2ncc(C)cn2)n1-c1c(OC)cccc1OC. The van der Waals surface area contributed by atoms with Crippen LogP contribution in [0.1, 0.15) is 44.1 Å². The van der Waals surface area contributed by atoms with Gasteiger partial charge in [-0.1, -0.05) is 6.07 Å². The third-order valence-electron chi connectivity index (χ3n) is 5.25. The molecule has 2 atom stereocenters. The van der Waals surface area contributed by atoms with Crippen LogP contribution in [0.25, 0.3) is 5.69 Å². The van der Waals surface area contributed by atoms with E-state index in [1.807, 2.05) is 20.8 Å². The average molecular weight is 521 g/mol. The number of nitrogens with zero attached hydrogens (tertiary/aromatic N) is 5. The van der Waals surface area contributed by atoms with Crippen LogP contribution in [-0.4, -0.2) is 65.8 Å². The Bertz CT molecular complexity index is 1240. The number of ether oxygens (including phenoxy) is 4. The van der Waals surface area contributed by atoms with Crippen molar-refractivity contribution < 1.29 is 27.4 Å². The number of aryl methyl sites for hydroxylation is 1. The van der Waals surface area contributed by atoms with Gasteiger partial charge in [-0.05, 0) is 45.4 Å². The second kappa shape index (κ2) is 11.6. The van der Waals surface area contributed by atoms with Crippen LogP contribution in [-0.2, 0) is 26.1 Å². The molecular weight excluding hydrogens is 488 g/mol. The Kier molecular flexibility index (Phi) is 8.82. The maximum Gasteiger partial charge on any atom is 0.243 e. The molecule has 13 heteroatoms. The number of nitrogens with one attached hydrogen (secondary N) is 1. The quantitative estimate of drug-likeness (QED) is 0.379. The van der Waals surface area contributed by atoms with Gasteiger partial charge in [-0.25, -0.2) is 18.4 Å². The van der Waals surface area contributed by atoms with Gasteiger partial charge in [0.25, 0.3) is 0 Å². The molecule has 196 valence electrons. The Morgan fingerprint density at radius 1 is 1.00 bits per heavy atom. The topological polar surface area (TPSA) is 140 Å². The van der Waals surface area contributed by atoms with Gasteiger partial charge in [-0.2, -0.15) is 0 Å². The summed E-state index contributed by atoms with van der Waals surface area (Å²) in [7, 11) is 0.411. The minimum atomic E-state index is -4.09. The molecule has 12 nitrogen and oxygen atoms in total. The number of hydrogen-bond donors (Lipinski definition) is 1. The van der Waals surface area contributed by atoms with E-state index in [0.717, 1.165) is 5.56 Å². The van der Waals surface area contributed by atoms with Crippen LogP contribution >= 0.6 is 0 Å². The minimum Gasteiger partial charge on any atom is -0.494 e. The number of hydrogen-bond acceptors (Lipinski definition) is 10. The summed E-state index contributed by atoms with van der Waals surface area (Å²) in [6.45, 7) is 7.06. The molecular formula is C23H32N6O6S. The van der Waals surface area contributed by atoms with Crippen molar-refractivity contribution in [3.63, 3.8) is 0 Å². The third-order valence-corrected chi connectivity index (χ3v) is 6.95. The van der Waals surface area contributed by atoms with Gasteiger partial charge >= 0.3 is 0 Å². The van der Waals surface area contributed by atoms with Crippen molar-refractivity contribution in [3.05, 3.63) is 47.8 Å². The molecule has 3 aromatic rings. The zero-order valence-corrected chi connectivity index (χ0v) is 22.2. The van der Waals surface area contributed by atoms with Gasteiger partial charge in [0.05, 0.1) is 20.3 Å². The summed E-state index contributed by atoms with van der Waals surface area (Å²) in [5.41, 5.74) is 1.27. The summed E-state index contributed by atoms with van der Waals surface area (Å²) in [5.74, 6) is 1.38. The molecule has 0 bridgehead atoms.